The minimum atomic E-state index is -0.783. The average Bonchev–Trinajstić information content (AvgIpc) is 2.57. The van der Waals surface area contributed by atoms with Crippen molar-refractivity contribution in [3.05, 3.63) is 54.1 Å². The molecule has 1 aromatic carbocycles. The Morgan fingerprint density at radius 3 is 2.41 bits per heavy atom. The number of nitrogens with one attached hydrogen (secondary N) is 3. The molecule has 8 heteroatoms. The van der Waals surface area contributed by atoms with Crippen LogP contribution >= 0.6 is 0 Å². The number of halogens is 1. The predicted molar refractivity (Wildman–Crippen MR) is 101 cm³/mol. The number of benzene rings is 1. The fraction of sp³-hybridized carbons (Fsp3) is 0.316. The number of amides is 3. The fourth-order valence-electron chi connectivity index (χ4n) is 2.21. The van der Waals surface area contributed by atoms with E-state index in [1.807, 2.05) is 6.92 Å². The first-order valence-electron chi connectivity index (χ1n) is 8.41. The lowest BCUT2D eigenvalue weighted by Crippen LogP contribution is -2.31. The standard InChI is InChI=1S/C19H23FN4O3/c1-12(13-7-9-21-10-8-13)22-17(25)23-14-5-6-15(20)16(11-14)24-18(26)27-19(2,3)4/h5-12H,1-4H3,(H,24,26)(H2,22,23,25). The van der Waals surface area contributed by atoms with Gasteiger partial charge in [-0.2, -0.15) is 0 Å². The van der Waals surface area contributed by atoms with Gasteiger partial charge in [-0.15, -0.1) is 0 Å². The zero-order valence-corrected chi connectivity index (χ0v) is 15.7. The highest BCUT2D eigenvalue weighted by Gasteiger charge is 2.18. The quantitative estimate of drug-likeness (QED) is 0.737. The Kier molecular flexibility index (Phi) is 6.33. The van der Waals surface area contributed by atoms with Gasteiger partial charge in [0, 0.05) is 18.1 Å². The molecule has 2 aromatic rings. The number of rotatable bonds is 4. The van der Waals surface area contributed by atoms with Gasteiger partial charge >= 0.3 is 12.1 Å². The smallest absolute Gasteiger partial charge is 0.412 e. The van der Waals surface area contributed by atoms with E-state index >= 15 is 0 Å². The summed E-state index contributed by atoms with van der Waals surface area (Å²) in [7, 11) is 0. The molecule has 7 nitrogen and oxygen atoms in total. The molecule has 0 aliphatic carbocycles. The van der Waals surface area contributed by atoms with Crippen LogP contribution in [-0.4, -0.2) is 22.7 Å². The Bertz CT molecular complexity index is 806. The van der Waals surface area contributed by atoms with Crippen molar-refractivity contribution in [2.45, 2.75) is 39.3 Å². The Hall–Kier alpha value is -3.16. The van der Waals surface area contributed by atoms with E-state index in [1.165, 1.54) is 12.1 Å². The molecule has 0 aliphatic heterocycles. The first kappa shape index (κ1) is 20.2. The fourth-order valence-corrected chi connectivity index (χ4v) is 2.21. The average molecular weight is 374 g/mol. The van der Waals surface area contributed by atoms with Gasteiger partial charge in [0.25, 0.3) is 0 Å². The Balaban J connectivity index is 2.00. The molecular weight excluding hydrogens is 351 g/mol. The van der Waals surface area contributed by atoms with Crippen molar-refractivity contribution >= 4 is 23.5 Å². The number of nitrogens with zero attached hydrogens (tertiary/aromatic N) is 1. The number of anilines is 2. The lowest BCUT2D eigenvalue weighted by Gasteiger charge is -2.20. The van der Waals surface area contributed by atoms with Crippen molar-refractivity contribution in [3.8, 4) is 0 Å². The largest absolute Gasteiger partial charge is 0.444 e. The third-order valence-corrected chi connectivity index (χ3v) is 3.41. The van der Waals surface area contributed by atoms with Crippen molar-refractivity contribution in [3.63, 3.8) is 0 Å². The molecule has 0 spiro atoms. The van der Waals surface area contributed by atoms with E-state index in [9.17, 15) is 14.0 Å². The van der Waals surface area contributed by atoms with Gasteiger partial charge in [-0.25, -0.2) is 14.0 Å². The van der Waals surface area contributed by atoms with E-state index in [-0.39, 0.29) is 11.7 Å². The maximum absolute atomic E-state index is 13.9. The molecule has 27 heavy (non-hydrogen) atoms. The summed E-state index contributed by atoms with van der Waals surface area (Å²) in [6, 6.07) is 6.75. The number of hydrogen-bond donors (Lipinski definition) is 3. The van der Waals surface area contributed by atoms with Gasteiger partial charge in [0.2, 0.25) is 0 Å². The highest BCUT2D eigenvalue weighted by atomic mass is 19.1. The van der Waals surface area contributed by atoms with Crippen LogP contribution in [0.1, 0.15) is 39.3 Å². The third-order valence-electron chi connectivity index (χ3n) is 3.41. The van der Waals surface area contributed by atoms with E-state index in [0.29, 0.717) is 5.69 Å². The third kappa shape index (κ3) is 6.58. The maximum Gasteiger partial charge on any atom is 0.412 e. The Morgan fingerprint density at radius 2 is 1.78 bits per heavy atom. The van der Waals surface area contributed by atoms with Gasteiger partial charge in [-0.05, 0) is 63.6 Å². The van der Waals surface area contributed by atoms with Crippen molar-refractivity contribution in [2.24, 2.45) is 0 Å². The molecule has 1 atom stereocenters. The van der Waals surface area contributed by atoms with Crippen LogP contribution in [0.5, 0.6) is 0 Å². The second kappa shape index (κ2) is 8.48. The SMILES string of the molecule is CC(NC(=O)Nc1ccc(F)c(NC(=O)OC(C)(C)C)c1)c1ccncc1. The van der Waals surface area contributed by atoms with Crippen LogP contribution < -0.4 is 16.0 Å². The Labute approximate surface area is 157 Å². The van der Waals surface area contributed by atoms with E-state index in [4.69, 9.17) is 4.74 Å². The molecule has 3 N–H and O–H groups in total. The predicted octanol–water partition coefficient (Wildman–Crippen LogP) is 4.45. The second-order valence-electron chi connectivity index (χ2n) is 6.92. The summed E-state index contributed by atoms with van der Waals surface area (Å²) in [5.41, 5.74) is 0.414. The molecule has 0 saturated carbocycles. The van der Waals surface area contributed by atoms with Crippen molar-refractivity contribution in [2.75, 3.05) is 10.6 Å². The van der Waals surface area contributed by atoms with Gasteiger partial charge in [0.1, 0.15) is 11.4 Å². The van der Waals surface area contributed by atoms with Gasteiger partial charge < -0.3 is 15.4 Å². The first-order chi connectivity index (χ1) is 12.6. The van der Waals surface area contributed by atoms with Crippen LogP contribution in [-0.2, 0) is 4.74 Å². The highest BCUT2D eigenvalue weighted by molar-refractivity contribution is 5.91. The Morgan fingerprint density at radius 1 is 1.11 bits per heavy atom. The van der Waals surface area contributed by atoms with Crippen molar-refractivity contribution in [1.29, 1.82) is 0 Å². The van der Waals surface area contributed by atoms with Crippen LogP contribution in [0.15, 0.2) is 42.7 Å². The summed E-state index contributed by atoms with van der Waals surface area (Å²) in [6.45, 7) is 6.94. The van der Waals surface area contributed by atoms with E-state index in [0.717, 1.165) is 11.6 Å². The zero-order chi connectivity index (χ0) is 20.0. The zero-order valence-electron chi connectivity index (χ0n) is 15.7. The number of carbonyl (C=O) groups excluding carboxylic acids is 2. The maximum atomic E-state index is 13.9. The topological polar surface area (TPSA) is 92.4 Å². The van der Waals surface area contributed by atoms with Crippen LogP contribution in [0.25, 0.3) is 0 Å². The summed E-state index contributed by atoms with van der Waals surface area (Å²) in [4.78, 5) is 27.9. The molecule has 0 fully saturated rings. The van der Waals surface area contributed by atoms with Crippen molar-refractivity contribution in [1.82, 2.24) is 10.3 Å². The number of pyridine rings is 1. The minimum absolute atomic E-state index is 0.0933. The summed E-state index contributed by atoms with van der Waals surface area (Å²) in [6.07, 6.45) is 2.49. The molecule has 144 valence electrons. The highest BCUT2D eigenvalue weighted by Crippen LogP contribution is 2.21. The normalized spacial score (nSPS) is 12.0. The van der Waals surface area contributed by atoms with Gasteiger partial charge in [0.15, 0.2) is 0 Å². The lowest BCUT2D eigenvalue weighted by molar-refractivity contribution is 0.0635. The summed E-state index contributed by atoms with van der Waals surface area (Å²) in [5.74, 6) is -0.642. The van der Waals surface area contributed by atoms with Gasteiger partial charge in [-0.3, -0.25) is 10.3 Å². The number of carbonyl (C=O) groups is 2. The van der Waals surface area contributed by atoms with E-state index in [1.54, 1.807) is 45.3 Å². The lowest BCUT2D eigenvalue weighted by atomic mass is 10.1. The molecule has 0 radical (unpaired) electrons. The number of hydrogen-bond acceptors (Lipinski definition) is 4. The monoisotopic (exact) mass is 374 g/mol. The second-order valence-corrected chi connectivity index (χ2v) is 6.92. The molecule has 0 bridgehead atoms. The molecule has 1 aromatic heterocycles. The van der Waals surface area contributed by atoms with Crippen LogP contribution in [0.4, 0.5) is 25.4 Å². The summed E-state index contributed by atoms with van der Waals surface area (Å²) >= 11 is 0. The number of aromatic nitrogens is 1. The molecule has 2 rings (SSSR count). The number of urea groups is 1. The summed E-state index contributed by atoms with van der Waals surface area (Å²) < 4.78 is 19.0. The van der Waals surface area contributed by atoms with Crippen LogP contribution in [0, 0.1) is 5.82 Å². The van der Waals surface area contributed by atoms with E-state index < -0.39 is 23.5 Å². The van der Waals surface area contributed by atoms with Gasteiger partial charge in [-0.1, -0.05) is 0 Å². The van der Waals surface area contributed by atoms with Gasteiger partial charge in [0.05, 0.1) is 11.7 Å². The summed E-state index contributed by atoms with van der Waals surface area (Å²) in [5, 5.41) is 7.71. The van der Waals surface area contributed by atoms with Crippen LogP contribution in [0.3, 0.4) is 0 Å². The van der Waals surface area contributed by atoms with Crippen molar-refractivity contribution < 1.29 is 18.7 Å². The molecule has 3 amide bonds. The van der Waals surface area contributed by atoms with E-state index in [2.05, 4.69) is 20.9 Å². The van der Waals surface area contributed by atoms with Crippen LogP contribution in [0.2, 0.25) is 0 Å². The minimum Gasteiger partial charge on any atom is -0.444 e. The molecule has 1 unspecified atom stereocenters. The molecule has 1 heterocycles. The number of ether oxygens (including phenoxy) is 1. The molecular formula is C19H23FN4O3. The first-order valence-corrected chi connectivity index (χ1v) is 8.41. The molecule has 0 saturated heterocycles. The molecule has 0 aliphatic rings.